The molecule has 0 atom stereocenters. The van der Waals surface area contributed by atoms with Crippen LogP contribution in [0.5, 0.6) is 0 Å². The SMILES string of the molecule is CCCCCCCCC1(O)OC(=O)c2ccccc2C(=O)O1. The normalized spacial score (nSPS) is 16.5. The summed E-state index contributed by atoms with van der Waals surface area (Å²) in [6, 6.07) is 6.22. The van der Waals surface area contributed by atoms with Gasteiger partial charge in [-0.25, -0.2) is 9.59 Å². The predicted octanol–water partition coefficient (Wildman–Crippen LogP) is 3.41. The predicted molar refractivity (Wildman–Crippen MR) is 80.2 cm³/mol. The van der Waals surface area contributed by atoms with Crippen molar-refractivity contribution in [3.05, 3.63) is 35.4 Å². The minimum atomic E-state index is -2.17. The number of fused-ring (bicyclic) bond motifs is 1. The highest BCUT2D eigenvalue weighted by Gasteiger charge is 2.41. The lowest BCUT2D eigenvalue weighted by atomic mass is 10.1. The summed E-state index contributed by atoms with van der Waals surface area (Å²) >= 11 is 0. The van der Waals surface area contributed by atoms with E-state index in [1.165, 1.54) is 18.6 Å². The number of esters is 2. The fourth-order valence-corrected chi connectivity index (χ4v) is 2.49. The summed E-state index contributed by atoms with van der Waals surface area (Å²) in [6.45, 7) is 2.14. The van der Waals surface area contributed by atoms with Gasteiger partial charge in [0.2, 0.25) is 0 Å². The Balaban J connectivity index is 1.96. The molecule has 5 nitrogen and oxygen atoms in total. The molecule has 120 valence electrons. The zero-order valence-corrected chi connectivity index (χ0v) is 12.8. The van der Waals surface area contributed by atoms with Gasteiger partial charge in [0, 0.05) is 0 Å². The third kappa shape index (κ3) is 4.07. The largest absolute Gasteiger partial charge is 0.394 e. The first kappa shape index (κ1) is 16.5. The molecule has 1 aromatic carbocycles. The maximum Gasteiger partial charge on any atom is 0.373 e. The molecule has 1 N–H and O–H groups in total. The molecule has 0 unspecified atom stereocenters. The maximum atomic E-state index is 12.0. The van der Waals surface area contributed by atoms with Gasteiger partial charge >= 0.3 is 17.9 Å². The number of hydrogen-bond donors (Lipinski definition) is 1. The topological polar surface area (TPSA) is 72.8 Å². The van der Waals surface area contributed by atoms with Crippen molar-refractivity contribution in [2.75, 3.05) is 0 Å². The van der Waals surface area contributed by atoms with E-state index in [-0.39, 0.29) is 17.5 Å². The first-order valence-corrected chi connectivity index (χ1v) is 7.84. The average Bonchev–Trinajstić information content (AvgIpc) is 2.59. The summed E-state index contributed by atoms with van der Waals surface area (Å²) in [5, 5.41) is 10.3. The molecule has 0 aliphatic carbocycles. The zero-order valence-electron chi connectivity index (χ0n) is 12.8. The second-order valence-corrected chi connectivity index (χ2v) is 5.56. The Morgan fingerprint density at radius 2 is 1.41 bits per heavy atom. The standard InChI is InChI=1S/C17H22O5/c1-2-3-4-5-6-9-12-17(20)21-15(18)13-10-7-8-11-14(13)16(19)22-17/h7-8,10-11,20H,2-6,9,12H2,1H3. The molecule has 0 fully saturated rings. The molecular weight excluding hydrogens is 284 g/mol. The fourth-order valence-electron chi connectivity index (χ4n) is 2.49. The van der Waals surface area contributed by atoms with Crippen LogP contribution >= 0.6 is 0 Å². The van der Waals surface area contributed by atoms with Gasteiger partial charge in [0.25, 0.3) is 0 Å². The van der Waals surface area contributed by atoms with E-state index in [9.17, 15) is 14.7 Å². The number of carbonyl (C=O) groups is 2. The van der Waals surface area contributed by atoms with Gasteiger partial charge in [-0.15, -0.1) is 0 Å². The number of aliphatic hydroxyl groups is 1. The van der Waals surface area contributed by atoms with Crippen molar-refractivity contribution in [3.63, 3.8) is 0 Å². The van der Waals surface area contributed by atoms with E-state index < -0.39 is 17.9 Å². The molecule has 22 heavy (non-hydrogen) atoms. The third-order valence-corrected chi connectivity index (χ3v) is 3.72. The molecule has 1 aliphatic rings. The quantitative estimate of drug-likeness (QED) is 0.617. The van der Waals surface area contributed by atoms with Gasteiger partial charge in [0.05, 0.1) is 17.5 Å². The lowest BCUT2D eigenvalue weighted by Crippen LogP contribution is -2.37. The summed E-state index contributed by atoms with van der Waals surface area (Å²) in [6.07, 6.45) is 6.14. The molecule has 0 bridgehead atoms. The van der Waals surface area contributed by atoms with Crippen LogP contribution in [0.2, 0.25) is 0 Å². The van der Waals surface area contributed by atoms with Crippen LogP contribution < -0.4 is 0 Å². The summed E-state index contributed by atoms with van der Waals surface area (Å²) in [4.78, 5) is 24.1. The first-order valence-electron chi connectivity index (χ1n) is 7.84. The molecule has 0 saturated carbocycles. The maximum absolute atomic E-state index is 12.0. The van der Waals surface area contributed by atoms with Crippen molar-refractivity contribution in [2.24, 2.45) is 0 Å². The monoisotopic (exact) mass is 306 g/mol. The van der Waals surface area contributed by atoms with E-state index in [1.807, 2.05) is 0 Å². The van der Waals surface area contributed by atoms with Gasteiger partial charge in [-0.2, -0.15) is 0 Å². The average molecular weight is 306 g/mol. The number of rotatable bonds is 7. The second-order valence-electron chi connectivity index (χ2n) is 5.56. The molecule has 0 aromatic heterocycles. The summed E-state index contributed by atoms with van der Waals surface area (Å²) in [5.74, 6) is -3.65. The Morgan fingerprint density at radius 1 is 0.909 bits per heavy atom. The molecule has 0 spiro atoms. The van der Waals surface area contributed by atoms with E-state index in [2.05, 4.69) is 6.92 Å². The smallest absolute Gasteiger partial charge is 0.373 e. The van der Waals surface area contributed by atoms with Crippen LogP contribution in [0.3, 0.4) is 0 Å². The summed E-state index contributed by atoms with van der Waals surface area (Å²) in [7, 11) is 0. The van der Waals surface area contributed by atoms with Crippen LogP contribution in [-0.2, 0) is 9.47 Å². The Bertz CT molecular complexity index is 501. The lowest BCUT2D eigenvalue weighted by Gasteiger charge is -2.24. The van der Waals surface area contributed by atoms with Crippen molar-refractivity contribution in [3.8, 4) is 0 Å². The summed E-state index contributed by atoms with van der Waals surface area (Å²) < 4.78 is 9.99. The van der Waals surface area contributed by atoms with Gasteiger partial charge in [-0.1, -0.05) is 51.2 Å². The van der Waals surface area contributed by atoms with Crippen LogP contribution in [0.1, 0.15) is 72.6 Å². The summed E-state index contributed by atoms with van der Waals surface area (Å²) in [5.41, 5.74) is 0.234. The van der Waals surface area contributed by atoms with Gasteiger partial charge in [0.15, 0.2) is 0 Å². The van der Waals surface area contributed by atoms with Crippen LogP contribution in [0.25, 0.3) is 0 Å². The molecule has 0 radical (unpaired) electrons. The zero-order chi connectivity index (χ0) is 16.0. The molecule has 0 amide bonds. The number of benzene rings is 1. The van der Waals surface area contributed by atoms with Gasteiger partial charge in [0.1, 0.15) is 0 Å². The van der Waals surface area contributed by atoms with E-state index >= 15 is 0 Å². The lowest BCUT2D eigenvalue weighted by molar-refractivity contribution is -0.306. The van der Waals surface area contributed by atoms with Crippen LogP contribution in [-0.4, -0.2) is 23.0 Å². The van der Waals surface area contributed by atoms with E-state index in [4.69, 9.17) is 9.47 Å². The Kier molecular flexibility index (Phi) is 5.55. The number of ether oxygens (including phenoxy) is 2. The Morgan fingerprint density at radius 3 is 1.95 bits per heavy atom. The highest BCUT2D eigenvalue weighted by Crippen LogP contribution is 2.27. The van der Waals surface area contributed by atoms with E-state index in [0.717, 1.165) is 25.7 Å². The van der Waals surface area contributed by atoms with Crippen molar-refractivity contribution in [2.45, 2.75) is 57.8 Å². The van der Waals surface area contributed by atoms with Crippen LogP contribution in [0.4, 0.5) is 0 Å². The van der Waals surface area contributed by atoms with Crippen LogP contribution in [0.15, 0.2) is 24.3 Å². The fraction of sp³-hybridized carbons (Fsp3) is 0.529. The second kappa shape index (κ2) is 7.40. The van der Waals surface area contributed by atoms with Crippen molar-refractivity contribution in [1.29, 1.82) is 0 Å². The molecule has 5 heteroatoms. The van der Waals surface area contributed by atoms with E-state index in [0.29, 0.717) is 6.42 Å². The number of unbranched alkanes of at least 4 members (excludes halogenated alkanes) is 5. The minimum Gasteiger partial charge on any atom is -0.394 e. The first-order chi connectivity index (χ1) is 10.6. The molecule has 1 aromatic rings. The molecule has 0 saturated heterocycles. The number of cyclic esters (lactones) is 2. The Hall–Kier alpha value is -1.88. The molecular formula is C17H22O5. The van der Waals surface area contributed by atoms with Gasteiger partial charge in [-0.3, -0.25) is 0 Å². The van der Waals surface area contributed by atoms with E-state index in [1.54, 1.807) is 12.1 Å². The van der Waals surface area contributed by atoms with Gasteiger partial charge in [-0.05, 0) is 18.6 Å². The highest BCUT2D eigenvalue weighted by molar-refractivity contribution is 6.04. The number of carbonyl (C=O) groups excluding carboxylic acids is 2. The van der Waals surface area contributed by atoms with Crippen molar-refractivity contribution >= 4 is 11.9 Å². The third-order valence-electron chi connectivity index (χ3n) is 3.72. The minimum absolute atomic E-state index is 0.0879. The Labute approximate surface area is 130 Å². The molecule has 2 rings (SSSR count). The highest BCUT2D eigenvalue weighted by atomic mass is 16.8. The number of hydrogen-bond acceptors (Lipinski definition) is 5. The van der Waals surface area contributed by atoms with Gasteiger partial charge < -0.3 is 14.6 Å². The van der Waals surface area contributed by atoms with Crippen molar-refractivity contribution in [1.82, 2.24) is 0 Å². The van der Waals surface area contributed by atoms with Crippen LogP contribution in [0, 0.1) is 0 Å². The van der Waals surface area contributed by atoms with Crippen molar-refractivity contribution < 1.29 is 24.2 Å². The molecule has 1 heterocycles. The molecule has 1 aliphatic heterocycles.